The van der Waals surface area contributed by atoms with Crippen molar-refractivity contribution in [1.82, 2.24) is 0 Å². The molecule has 0 aromatic heterocycles. The molecule has 164 valence electrons. The standard InChI is InChI=1S/C27H26BrNO3/c1-4-32-23-11-17(19(28)12-21(23)30)26-25-18(13-27(2,3)14-22(25)31)24-16-8-6-5-7-15(16)9-10-20(24)29-26/h5-12,26,29-30H,4,13-14H2,1-3H3/t26-/m0/s1. The van der Waals surface area contributed by atoms with E-state index in [0.29, 0.717) is 18.8 Å². The third-order valence-electron chi connectivity index (χ3n) is 6.43. The van der Waals surface area contributed by atoms with Gasteiger partial charge in [0.1, 0.15) is 0 Å². The molecule has 2 aliphatic rings. The number of nitrogens with one attached hydrogen (secondary N) is 1. The Balaban J connectivity index is 1.78. The topological polar surface area (TPSA) is 58.6 Å². The first-order chi connectivity index (χ1) is 15.3. The van der Waals surface area contributed by atoms with Gasteiger partial charge in [0.05, 0.1) is 12.6 Å². The van der Waals surface area contributed by atoms with Crippen LogP contribution in [0.1, 0.15) is 50.8 Å². The van der Waals surface area contributed by atoms with Gasteiger partial charge in [0, 0.05) is 27.7 Å². The molecule has 1 heterocycles. The summed E-state index contributed by atoms with van der Waals surface area (Å²) in [6, 6.07) is 15.7. The van der Waals surface area contributed by atoms with Crippen molar-refractivity contribution in [2.75, 3.05) is 11.9 Å². The quantitative estimate of drug-likeness (QED) is 0.413. The normalized spacial score (nSPS) is 19.4. The number of Topliss-reactive ketones (excluding diaryl/α,β-unsaturated/α-hetero) is 1. The molecule has 0 radical (unpaired) electrons. The zero-order valence-electron chi connectivity index (χ0n) is 18.5. The highest BCUT2D eigenvalue weighted by atomic mass is 79.9. The molecule has 0 amide bonds. The number of carbonyl (C=O) groups is 1. The van der Waals surface area contributed by atoms with E-state index in [-0.39, 0.29) is 23.0 Å². The molecule has 1 aliphatic heterocycles. The molecule has 5 rings (SSSR count). The molecule has 0 saturated heterocycles. The number of rotatable bonds is 3. The summed E-state index contributed by atoms with van der Waals surface area (Å²) in [6.45, 7) is 6.66. The van der Waals surface area contributed by atoms with Crippen molar-refractivity contribution in [1.29, 1.82) is 0 Å². The lowest BCUT2D eigenvalue weighted by atomic mass is 9.68. The average molecular weight is 492 g/mol. The minimum Gasteiger partial charge on any atom is -0.504 e. The molecule has 32 heavy (non-hydrogen) atoms. The number of hydrogen-bond donors (Lipinski definition) is 2. The van der Waals surface area contributed by atoms with Crippen molar-refractivity contribution in [3.8, 4) is 11.5 Å². The Kier molecular flexibility index (Phi) is 5.05. The molecule has 0 spiro atoms. The van der Waals surface area contributed by atoms with Gasteiger partial charge in [0.15, 0.2) is 17.3 Å². The molecule has 5 heteroatoms. The Labute approximate surface area is 196 Å². The Morgan fingerprint density at radius 1 is 1.16 bits per heavy atom. The van der Waals surface area contributed by atoms with Crippen molar-refractivity contribution < 1.29 is 14.6 Å². The molecular formula is C27H26BrNO3. The van der Waals surface area contributed by atoms with Crippen molar-refractivity contribution in [2.24, 2.45) is 5.41 Å². The van der Waals surface area contributed by atoms with Gasteiger partial charge in [-0.15, -0.1) is 0 Å². The van der Waals surface area contributed by atoms with E-state index in [2.05, 4.69) is 65.4 Å². The summed E-state index contributed by atoms with van der Waals surface area (Å²) in [5.74, 6) is 0.669. The van der Waals surface area contributed by atoms with Gasteiger partial charge in [-0.1, -0.05) is 60.1 Å². The minimum atomic E-state index is -0.323. The van der Waals surface area contributed by atoms with Crippen LogP contribution in [0.15, 0.2) is 58.6 Å². The molecule has 3 aromatic carbocycles. The number of phenols is 1. The van der Waals surface area contributed by atoms with Gasteiger partial charge in [-0.05, 0) is 58.9 Å². The fourth-order valence-electron chi connectivity index (χ4n) is 5.12. The molecule has 4 nitrogen and oxygen atoms in total. The molecule has 0 unspecified atom stereocenters. The van der Waals surface area contributed by atoms with Crippen LogP contribution >= 0.6 is 15.9 Å². The maximum absolute atomic E-state index is 13.6. The van der Waals surface area contributed by atoms with Gasteiger partial charge in [0.2, 0.25) is 0 Å². The molecular weight excluding hydrogens is 466 g/mol. The predicted molar refractivity (Wildman–Crippen MR) is 132 cm³/mol. The van der Waals surface area contributed by atoms with E-state index in [1.807, 2.05) is 19.1 Å². The number of phenolic OH excluding ortho intramolecular Hbond substituents is 1. The average Bonchev–Trinajstić information content (AvgIpc) is 2.74. The van der Waals surface area contributed by atoms with Gasteiger partial charge in [-0.2, -0.15) is 0 Å². The third-order valence-corrected chi connectivity index (χ3v) is 7.12. The number of ketones is 1. The van der Waals surface area contributed by atoms with E-state index in [4.69, 9.17) is 4.74 Å². The highest BCUT2D eigenvalue weighted by molar-refractivity contribution is 9.10. The second-order valence-electron chi connectivity index (χ2n) is 9.39. The van der Waals surface area contributed by atoms with Crippen molar-refractivity contribution in [2.45, 2.75) is 39.7 Å². The van der Waals surface area contributed by atoms with Crippen LogP contribution in [0.4, 0.5) is 5.69 Å². The van der Waals surface area contributed by atoms with E-state index in [1.54, 1.807) is 6.07 Å². The first-order valence-corrected chi connectivity index (χ1v) is 11.8. The zero-order chi connectivity index (χ0) is 22.6. The lowest BCUT2D eigenvalue weighted by Gasteiger charge is -2.40. The molecule has 1 atom stereocenters. The molecule has 3 aromatic rings. The van der Waals surface area contributed by atoms with Gasteiger partial charge in [-0.25, -0.2) is 0 Å². The first kappa shape index (κ1) is 21.1. The Morgan fingerprint density at radius 3 is 2.72 bits per heavy atom. The Hall–Kier alpha value is -2.79. The smallest absolute Gasteiger partial charge is 0.162 e. The summed E-state index contributed by atoms with van der Waals surface area (Å²) in [5.41, 5.74) is 4.88. The maximum atomic E-state index is 13.6. The summed E-state index contributed by atoms with van der Waals surface area (Å²) >= 11 is 3.62. The number of hydrogen-bond acceptors (Lipinski definition) is 4. The number of fused-ring (bicyclic) bond motifs is 4. The number of allylic oxidation sites excluding steroid dienone is 1. The van der Waals surface area contributed by atoms with Crippen LogP contribution in [0.3, 0.4) is 0 Å². The molecule has 0 saturated carbocycles. The number of aromatic hydroxyl groups is 1. The fourth-order valence-corrected chi connectivity index (χ4v) is 5.68. The number of benzene rings is 3. The van der Waals surface area contributed by atoms with Crippen LogP contribution < -0.4 is 10.1 Å². The Morgan fingerprint density at radius 2 is 1.94 bits per heavy atom. The number of halogens is 1. The number of ether oxygens (including phenoxy) is 1. The first-order valence-electron chi connectivity index (χ1n) is 11.0. The monoisotopic (exact) mass is 491 g/mol. The van der Waals surface area contributed by atoms with Crippen molar-refractivity contribution >= 4 is 43.7 Å². The van der Waals surface area contributed by atoms with Crippen LogP contribution in [-0.4, -0.2) is 17.5 Å². The van der Waals surface area contributed by atoms with Crippen LogP contribution in [0.5, 0.6) is 11.5 Å². The predicted octanol–water partition coefficient (Wildman–Crippen LogP) is 7.02. The second-order valence-corrected chi connectivity index (χ2v) is 10.2. The largest absolute Gasteiger partial charge is 0.504 e. The van der Waals surface area contributed by atoms with Crippen LogP contribution in [-0.2, 0) is 4.79 Å². The van der Waals surface area contributed by atoms with Gasteiger partial charge in [0.25, 0.3) is 0 Å². The highest BCUT2D eigenvalue weighted by Gasteiger charge is 2.41. The van der Waals surface area contributed by atoms with Crippen molar-refractivity contribution in [3.63, 3.8) is 0 Å². The molecule has 2 N–H and O–H groups in total. The fraction of sp³-hybridized carbons (Fsp3) is 0.296. The SMILES string of the molecule is CCOc1cc([C@@H]2Nc3ccc4ccccc4c3C3=C2C(=O)CC(C)(C)C3)c(Br)cc1O. The number of anilines is 1. The summed E-state index contributed by atoms with van der Waals surface area (Å²) < 4.78 is 6.39. The van der Waals surface area contributed by atoms with Gasteiger partial charge < -0.3 is 15.2 Å². The van der Waals surface area contributed by atoms with Crippen LogP contribution in [0, 0.1) is 5.41 Å². The third kappa shape index (κ3) is 3.39. The lowest BCUT2D eigenvalue weighted by Crippen LogP contribution is -2.33. The van der Waals surface area contributed by atoms with E-state index >= 15 is 0 Å². The van der Waals surface area contributed by atoms with E-state index in [9.17, 15) is 9.90 Å². The van der Waals surface area contributed by atoms with Crippen LogP contribution in [0.2, 0.25) is 0 Å². The maximum Gasteiger partial charge on any atom is 0.162 e. The van der Waals surface area contributed by atoms with E-state index < -0.39 is 0 Å². The summed E-state index contributed by atoms with van der Waals surface area (Å²) in [4.78, 5) is 13.6. The number of carbonyl (C=O) groups excluding carboxylic acids is 1. The van der Waals surface area contributed by atoms with E-state index in [1.165, 1.54) is 5.39 Å². The second kappa shape index (κ2) is 7.66. The summed E-state index contributed by atoms with van der Waals surface area (Å²) in [5, 5.41) is 16.3. The van der Waals surface area contributed by atoms with Gasteiger partial charge >= 0.3 is 0 Å². The lowest BCUT2D eigenvalue weighted by molar-refractivity contribution is -0.118. The minimum absolute atomic E-state index is 0.0787. The van der Waals surface area contributed by atoms with E-state index in [0.717, 1.165) is 44.2 Å². The molecule has 0 fully saturated rings. The Bertz CT molecular complexity index is 1290. The van der Waals surface area contributed by atoms with Crippen molar-refractivity contribution in [3.05, 3.63) is 69.7 Å². The van der Waals surface area contributed by atoms with Gasteiger partial charge in [-0.3, -0.25) is 4.79 Å². The molecule has 0 bridgehead atoms. The zero-order valence-corrected chi connectivity index (χ0v) is 20.0. The van der Waals surface area contributed by atoms with Crippen LogP contribution in [0.25, 0.3) is 16.3 Å². The summed E-state index contributed by atoms with van der Waals surface area (Å²) in [6.07, 6.45) is 1.35. The molecule has 1 aliphatic carbocycles. The highest BCUT2D eigenvalue weighted by Crippen LogP contribution is 2.53. The summed E-state index contributed by atoms with van der Waals surface area (Å²) in [7, 11) is 0.